The van der Waals surface area contributed by atoms with Crippen LogP contribution >= 0.6 is 11.6 Å². The first-order valence-electron chi connectivity index (χ1n) is 8.82. The van der Waals surface area contributed by atoms with Crippen LogP contribution in [0.4, 0.5) is 11.6 Å². The van der Waals surface area contributed by atoms with Crippen molar-refractivity contribution in [2.75, 3.05) is 17.4 Å². The third kappa shape index (κ3) is 3.05. The molecule has 10 heteroatoms. The van der Waals surface area contributed by atoms with E-state index in [4.69, 9.17) is 21.1 Å². The number of fused-ring (bicyclic) bond motifs is 2. The predicted molar refractivity (Wildman–Crippen MR) is 105 cm³/mol. The molecule has 0 spiro atoms. The van der Waals surface area contributed by atoms with Crippen LogP contribution in [-0.4, -0.2) is 32.9 Å². The minimum Gasteiger partial charge on any atom is -0.454 e. The Morgan fingerprint density at radius 2 is 2.00 bits per heavy atom. The van der Waals surface area contributed by atoms with Crippen LogP contribution in [0.3, 0.4) is 0 Å². The molecule has 0 saturated carbocycles. The quantitative estimate of drug-likeness (QED) is 0.684. The number of halogens is 1. The summed E-state index contributed by atoms with van der Waals surface area (Å²) in [4.78, 5) is 13.2. The number of allylic oxidation sites excluding steroid dienone is 1. The fourth-order valence-corrected chi connectivity index (χ4v) is 3.56. The zero-order valence-corrected chi connectivity index (χ0v) is 16.0. The molecule has 5 rings (SSSR count). The van der Waals surface area contributed by atoms with Gasteiger partial charge in [-0.05, 0) is 59.3 Å². The van der Waals surface area contributed by atoms with Gasteiger partial charge in [-0.1, -0.05) is 22.8 Å². The van der Waals surface area contributed by atoms with Gasteiger partial charge in [-0.25, -0.2) is 0 Å². The van der Waals surface area contributed by atoms with Crippen molar-refractivity contribution < 1.29 is 14.3 Å². The zero-order chi connectivity index (χ0) is 20.0. The van der Waals surface area contributed by atoms with Crippen LogP contribution in [0.25, 0.3) is 0 Å². The number of nitrogens with one attached hydrogen (secondary N) is 2. The molecule has 0 fully saturated rings. The Balaban J connectivity index is 1.56. The smallest absolute Gasteiger partial charge is 0.255 e. The minimum atomic E-state index is -0.539. The number of hydrogen-bond acceptors (Lipinski definition) is 7. The summed E-state index contributed by atoms with van der Waals surface area (Å²) in [5.74, 6) is 1.45. The van der Waals surface area contributed by atoms with E-state index in [0.29, 0.717) is 39.4 Å². The highest BCUT2D eigenvalue weighted by atomic mass is 35.5. The molecule has 2 N–H and O–H groups in total. The Morgan fingerprint density at radius 3 is 2.83 bits per heavy atom. The van der Waals surface area contributed by atoms with E-state index in [2.05, 4.69) is 26.2 Å². The van der Waals surface area contributed by atoms with Crippen LogP contribution in [0.15, 0.2) is 53.7 Å². The van der Waals surface area contributed by atoms with Crippen molar-refractivity contribution in [1.29, 1.82) is 0 Å². The van der Waals surface area contributed by atoms with Gasteiger partial charge in [0.15, 0.2) is 11.5 Å². The third-order valence-corrected chi connectivity index (χ3v) is 5.03. The molecule has 2 aliphatic heterocycles. The second kappa shape index (κ2) is 6.78. The monoisotopic (exact) mass is 410 g/mol. The number of nitrogens with zero attached hydrogens (tertiary/aromatic N) is 4. The normalized spacial score (nSPS) is 17.0. The lowest BCUT2D eigenvalue weighted by molar-refractivity contribution is -0.113. The number of aromatic nitrogens is 4. The first-order chi connectivity index (χ1) is 14.1. The van der Waals surface area contributed by atoms with Crippen LogP contribution in [0.1, 0.15) is 18.5 Å². The summed E-state index contributed by atoms with van der Waals surface area (Å²) < 4.78 is 12.5. The lowest BCUT2D eigenvalue weighted by Crippen LogP contribution is -2.31. The SMILES string of the molecule is CC1=C(C(=O)Nc2ccc(Cl)cc2)[C@H](c2ccc3c(c2)OCO3)n2nnnc2N1. The van der Waals surface area contributed by atoms with Crippen molar-refractivity contribution in [3.8, 4) is 11.5 Å². The molecule has 9 nitrogen and oxygen atoms in total. The number of carbonyl (C=O) groups is 1. The van der Waals surface area contributed by atoms with E-state index in [1.54, 1.807) is 28.9 Å². The molecule has 146 valence electrons. The lowest BCUT2D eigenvalue weighted by Gasteiger charge is -2.28. The van der Waals surface area contributed by atoms with Crippen molar-refractivity contribution in [3.63, 3.8) is 0 Å². The molecule has 3 aromatic rings. The third-order valence-electron chi connectivity index (χ3n) is 4.77. The molecule has 0 bridgehead atoms. The van der Waals surface area contributed by atoms with Gasteiger partial charge in [0.25, 0.3) is 5.91 Å². The van der Waals surface area contributed by atoms with E-state index in [1.807, 2.05) is 25.1 Å². The van der Waals surface area contributed by atoms with Crippen LogP contribution < -0.4 is 20.1 Å². The summed E-state index contributed by atoms with van der Waals surface area (Å²) >= 11 is 5.93. The van der Waals surface area contributed by atoms with E-state index in [-0.39, 0.29) is 12.7 Å². The summed E-state index contributed by atoms with van der Waals surface area (Å²) in [7, 11) is 0. The van der Waals surface area contributed by atoms with Gasteiger partial charge in [0.2, 0.25) is 12.7 Å². The highest BCUT2D eigenvalue weighted by molar-refractivity contribution is 6.30. The fraction of sp³-hybridized carbons (Fsp3) is 0.158. The summed E-state index contributed by atoms with van der Waals surface area (Å²) in [5, 5.41) is 18.4. The highest BCUT2D eigenvalue weighted by Gasteiger charge is 2.35. The first-order valence-corrected chi connectivity index (χ1v) is 9.20. The molecular formula is C19H15ClN6O3. The molecule has 0 unspecified atom stereocenters. The molecule has 2 aromatic carbocycles. The van der Waals surface area contributed by atoms with Gasteiger partial charge in [-0.15, -0.1) is 0 Å². The van der Waals surface area contributed by atoms with Gasteiger partial charge in [0.05, 0.1) is 5.57 Å². The molecular weight excluding hydrogens is 396 g/mol. The Bertz CT molecular complexity index is 1140. The summed E-state index contributed by atoms with van der Waals surface area (Å²) in [5.41, 5.74) is 2.57. The molecule has 3 heterocycles. The average Bonchev–Trinajstić information content (AvgIpc) is 3.36. The second-order valence-corrected chi connectivity index (χ2v) is 7.02. The van der Waals surface area contributed by atoms with Gasteiger partial charge in [-0.2, -0.15) is 4.68 Å². The van der Waals surface area contributed by atoms with Crippen LogP contribution in [0.5, 0.6) is 11.5 Å². The van der Waals surface area contributed by atoms with E-state index >= 15 is 0 Å². The topological polar surface area (TPSA) is 103 Å². The minimum absolute atomic E-state index is 0.167. The van der Waals surface area contributed by atoms with Gasteiger partial charge in [-0.3, -0.25) is 4.79 Å². The molecule has 0 aliphatic carbocycles. The van der Waals surface area contributed by atoms with Crippen molar-refractivity contribution in [2.24, 2.45) is 0 Å². The highest BCUT2D eigenvalue weighted by Crippen LogP contribution is 2.40. The van der Waals surface area contributed by atoms with Gasteiger partial charge in [0, 0.05) is 16.4 Å². The maximum Gasteiger partial charge on any atom is 0.255 e. The van der Waals surface area contributed by atoms with E-state index in [0.717, 1.165) is 5.56 Å². The summed E-state index contributed by atoms with van der Waals surface area (Å²) in [6.07, 6.45) is 0. The maximum atomic E-state index is 13.2. The van der Waals surface area contributed by atoms with Crippen molar-refractivity contribution in [3.05, 3.63) is 64.3 Å². The molecule has 1 amide bonds. The Labute approximate surface area is 170 Å². The molecule has 0 radical (unpaired) electrons. The molecule has 1 aromatic heterocycles. The zero-order valence-electron chi connectivity index (χ0n) is 15.2. The van der Waals surface area contributed by atoms with Crippen molar-refractivity contribution in [2.45, 2.75) is 13.0 Å². The van der Waals surface area contributed by atoms with Crippen molar-refractivity contribution in [1.82, 2.24) is 20.2 Å². The molecule has 2 aliphatic rings. The predicted octanol–water partition coefficient (Wildman–Crippen LogP) is 2.98. The average molecular weight is 411 g/mol. The first kappa shape index (κ1) is 17.5. The van der Waals surface area contributed by atoms with Crippen LogP contribution in [0, 0.1) is 0 Å². The second-order valence-electron chi connectivity index (χ2n) is 6.59. The fourth-order valence-electron chi connectivity index (χ4n) is 3.43. The van der Waals surface area contributed by atoms with E-state index in [1.165, 1.54) is 0 Å². The maximum absolute atomic E-state index is 13.2. The van der Waals surface area contributed by atoms with E-state index < -0.39 is 6.04 Å². The van der Waals surface area contributed by atoms with Crippen LogP contribution in [-0.2, 0) is 4.79 Å². The largest absolute Gasteiger partial charge is 0.454 e. The van der Waals surface area contributed by atoms with Crippen molar-refractivity contribution >= 4 is 29.1 Å². The number of rotatable bonds is 3. The number of benzene rings is 2. The Hall–Kier alpha value is -3.59. The molecule has 1 atom stereocenters. The number of amides is 1. The summed E-state index contributed by atoms with van der Waals surface area (Å²) in [6.45, 7) is 1.98. The molecule has 0 saturated heterocycles. The van der Waals surface area contributed by atoms with Crippen LogP contribution in [0.2, 0.25) is 5.02 Å². The number of tetrazole rings is 1. The number of anilines is 2. The van der Waals surface area contributed by atoms with Gasteiger partial charge < -0.3 is 20.1 Å². The Morgan fingerprint density at radius 1 is 1.21 bits per heavy atom. The number of carbonyl (C=O) groups excluding carboxylic acids is 1. The standard InChI is InChI=1S/C19H15ClN6O3/c1-10-16(18(27)22-13-5-3-12(20)4-6-13)17(26-19(21-10)23-24-25-26)11-2-7-14-15(8-11)29-9-28-14/h2-8,17H,9H2,1H3,(H,22,27)(H,21,23,25)/t17-/m0/s1. The Kier molecular flexibility index (Phi) is 4.09. The van der Waals surface area contributed by atoms with E-state index in [9.17, 15) is 4.79 Å². The molecule has 29 heavy (non-hydrogen) atoms. The lowest BCUT2D eigenvalue weighted by atomic mass is 9.94. The van der Waals surface area contributed by atoms with Gasteiger partial charge in [0.1, 0.15) is 6.04 Å². The summed E-state index contributed by atoms with van der Waals surface area (Å²) in [6, 6.07) is 11.9. The number of hydrogen-bond donors (Lipinski definition) is 2. The number of ether oxygens (including phenoxy) is 2. The van der Waals surface area contributed by atoms with Gasteiger partial charge >= 0.3 is 0 Å².